The van der Waals surface area contributed by atoms with Gasteiger partial charge in [-0.2, -0.15) is 0 Å². The number of fused-ring (bicyclic) bond motifs is 1. The lowest BCUT2D eigenvalue weighted by atomic mass is 9.90. The Balaban J connectivity index is 2.12. The van der Waals surface area contributed by atoms with Gasteiger partial charge in [-0.25, -0.2) is 4.79 Å². The summed E-state index contributed by atoms with van der Waals surface area (Å²) in [5.74, 6) is -0.642. The molecule has 24 heavy (non-hydrogen) atoms. The zero-order chi connectivity index (χ0) is 17.2. The van der Waals surface area contributed by atoms with E-state index in [4.69, 9.17) is 14.2 Å². The van der Waals surface area contributed by atoms with Crippen LogP contribution in [-0.2, 0) is 15.3 Å². The molecule has 0 radical (unpaired) electrons. The van der Waals surface area contributed by atoms with Crippen LogP contribution in [-0.4, -0.2) is 20.2 Å². The number of esters is 1. The topological polar surface area (TPSA) is 44.8 Å². The van der Waals surface area contributed by atoms with Crippen molar-refractivity contribution in [3.8, 4) is 5.75 Å². The summed E-state index contributed by atoms with van der Waals surface area (Å²) < 4.78 is 16.9. The second-order valence-corrected chi connectivity index (χ2v) is 5.56. The zero-order valence-corrected chi connectivity index (χ0v) is 14.0. The molecule has 3 rings (SSSR count). The lowest BCUT2D eigenvalue weighted by Crippen LogP contribution is -2.39. The van der Waals surface area contributed by atoms with Gasteiger partial charge in [0.05, 0.1) is 12.7 Å². The second-order valence-electron chi connectivity index (χ2n) is 5.56. The quantitative estimate of drug-likeness (QED) is 0.792. The molecule has 0 saturated heterocycles. The number of methoxy groups -OCH3 is 2. The van der Waals surface area contributed by atoms with E-state index in [1.54, 1.807) is 25.3 Å². The van der Waals surface area contributed by atoms with Gasteiger partial charge in [0.2, 0.25) is 0 Å². The van der Waals surface area contributed by atoms with Gasteiger partial charge in [0.1, 0.15) is 5.75 Å². The molecule has 1 aliphatic heterocycles. The zero-order valence-electron chi connectivity index (χ0n) is 14.0. The fraction of sp³-hybridized carbons (Fsp3) is 0.250. The predicted octanol–water partition coefficient (Wildman–Crippen LogP) is 4.16. The first-order valence-corrected chi connectivity index (χ1v) is 7.87. The van der Waals surface area contributed by atoms with Gasteiger partial charge in [0.25, 0.3) is 5.79 Å². The lowest BCUT2D eigenvalue weighted by molar-refractivity contribution is -0.144. The van der Waals surface area contributed by atoms with Crippen molar-refractivity contribution < 1.29 is 19.0 Å². The molecule has 1 aliphatic rings. The van der Waals surface area contributed by atoms with Crippen molar-refractivity contribution in [1.82, 2.24) is 0 Å². The van der Waals surface area contributed by atoms with E-state index in [-0.39, 0.29) is 5.97 Å². The molecule has 1 atom stereocenters. The fourth-order valence-electron chi connectivity index (χ4n) is 3.03. The molecule has 4 heteroatoms. The first-order chi connectivity index (χ1) is 11.6. The van der Waals surface area contributed by atoms with Crippen molar-refractivity contribution >= 4 is 12.0 Å². The van der Waals surface area contributed by atoms with Crippen molar-refractivity contribution in [2.75, 3.05) is 14.2 Å². The van der Waals surface area contributed by atoms with Gasteiger partial charge in [-0.15, -0.1) is 0 Å². The van der Waals surface area contributed by atoms with Crippen LogP contribution in [0.3, 0.4) is 0 Å². The molecule has 0 amide bonds. The number of carbonyl (C=O) groups is 1. The summed E-state index contributed by atoms with van der Waals surface area (Å²) in [5, 5.41) is 0. The van der Waals surface area contributed by atoms with Gasteiger partial charge in [-0.3, -0.25) is 0 Å². The molecule has 0 bridgehead atoms. The second kappa shape index (κ2) is 6.49. The number of carbonyl (C=O) groups excluding carboxylic acids is 1. The third kappa shape index (κ3) is 2.59. The molecule has 0 fully saturated rings. The predicted molar refractivity (Wildman–Crippen MR) is 91.8 cm³/mol. The minimum Gasteiger partial charge on any atom is -0.465 e. The average Bonchev–Trinajstić information content (AvgIpc) is 2.66. The maximum absolute atomic E-state index is 11.7. The summed E-state index contributed by atoms with van der Waals surface area (Å²) in [6, 6.07) is 15.1. The van der Waals surface area contributed by atoms with Crippen LogP contribution in [0.25, 0.3) is 6.08 Å². The SMILES string of the molecule is CCC1=Cc2cc(C(=O)OC)ccc2OC1(OC)c1ccccc1. The van der Waals surface area contributed by atoms with Crippen molar-refractivity contribution in [3.05, 3.63) is 70.8 Å². The molecule has 0 aliphatic carbocycles. The van der Waals surface area contributed by atoms with Crippen LogP contribution in [0.15, 0.2) is 54.1 Å². The Morgan fingerprint density at radius 2 is 1.88 bits per heavy atom. The summed E-state index contributed by atoms with van der Waals surface area (Å²) in [6.07, 6.45) is 2.78. The number of ether oxygens (including phenoxy) is 3. The van der Waals surface area contributed by atoms with Crippen molar-refractivity contribution in [2.45, 2.75) is 19.1 Å². The van der Waals surface area contributed by atoms with Crippen LogP contribution in [0.1, 0.15) is 34.8 Å². The minimum atomic E-state index is -0.949. The van der Waals surface area contributed by atoms with Gasteiger partial charge in [-0.1, -0.05) is 37.3 Å². The first kappa shape index (κ1) is 16.3. The fourth-order valence-corrected chi connectivity index (χ4v) is 3.03. The normalized spacial score (nSPS) is 19.0. The third-order valence-corrected chi connectivity index (χ3v) is 4.26. The van der Waals surface area contributed by atoms with Crippen LogP contribution < -0.4 is 4.74 Å². The molecule has 124 valence electrons. The van der Waals surface area contributed by atoms with Crippen LogP contribution in [0.5, 0.6) is 5.75 Å². The number of rotatable bonds is 4. The summed E-state index contributed by atoms with van der Waals surface area (Å²) >= 11 is 0. The molecular weight excluding hydrogens is 304 g/mol. The van der Waals surface area contributed by atoms with Crippen molar-refractivity contribution in [3.63, 3.8) is 0 Å². The van der Waals surface area contributed by atoms with E-state index < -0.39 is 5.79 Å². The molecule has 0 spiro atoms. The standard InChI is InChI=1S/C20H20O4/c1-4-16-13-15-12-14(19(21)22-2)10-11-18(15)24-20(16,23-3)17-8-6-5-7-9-17/h5-13H,4H2,1-3H3. The summed E-state index contributed by atoms with van der Waals surface area (Å²) in [6.45, 7) is 2.06. The van der Waals surface area contributed by atoms with Gasteiger partial charge in [-0.05, 0) is 30.7 Å². The third-order valence-electron chi connectivity index (χ3n) is 4.26. The Bertz CT molecular complexity index is 779. The highest BCUT2D eigenvalue weighted by atomic mass is 16.7. The van der Waals surface area contributed by atoms with Crippen LogP contribution in [0, 0.1) is 0 Å². The maximum atomic E-state index is 11.7. The molecule has 1 heterocycles. The van der Waals surface area contributed by atoms with E-state index >= 15 is 0 Å². The summed E-state index contributed by atoms with van der Waals surface area (Å²) in [5.41, 5.74) is 3.27. The summed E-state index contributed by atoms with van der Waals surface area (Å²) in [4.78, 5) is 11.7. The molecule has 4 nitrogen and oxygen atoms in total. The largest absolute Gasteiger partial charge is 0.465 e. The number of hydrogen-bond acceptors (Lipinski definition) is 4. The molecule has 1 unspecified atom stereocenters. The average molecular weight is 324 g/mol. The first-order valence-electron chi connectivity index (χ1n) is 7.87. The van der Waals surface area contributed by atoms with Gasteiger partial charge >= 0.3 is 5.97 Å². The highest BCUT2D eigenvalue weighted by Crippen LogP contribution is 2.44. The van der Waals surface area contributed by atoms with Crippen LogP contribution >= 0.6 is 0 Å². The van der Waals surface area contributed by atoms with Crippen molar-refractivity contribution in [1.29, 1.82) is 0 Å². The van der Waals surface area contributed by atoms with Crippen LogP contribution in [0.2, 0.25) is 0 Å². The number of benzene rings is 2. The van der Waals surface area contributed by atoms with E-state index in [2.05, 4.69) is 6.92 Å². The van der Waals surface area contributed by atoms with E-state index in [1.165, 1.54) is 7.11 Å². The molecule has 2 aromatic rings. The molecule has 0 saturated carbocycles. The molecule has 0 N–H and O–H groups in total. The van der Waals surface area contributed by atoms with Crippen molar-refractivity contribution in [2.24, 2.45) is 0 Å². The van der Waals surface area contributed by atoms with E-state index in [9.17, 15) is 4.79 Å². The molecular formula is C20H20O4. The Morgan fingerprint density at radius 3 is 2.50 bits per heavy atom. The maximum Gasteiger partial charge on any atom is 0.337 e. The molecule has 0 aromatic heterocycles. The van der Waals surface area contributed by atoms with Gasteiger partial charge in [0, 0.05) is 23.8 Å². The Kier molecular flexibility index (Phi) is 4.40. The Labute approximate surface area is 141 Å². The lowest BCUT2D eigenvalue weighted by Gasteiger charge is -2.38. The Morgan fingerprint density at radius 1 is 1.12 bits per heavy atom. The van der Waals surface area contributed by atoms with Crippen LogP contribution in [0.4, 0.5) is 0 Å². The van der Waals surface area contributed by atoms with Gasteiger partial charge in [0.15, 0.2) is 0 Å². The van der Waals surface area contributed by atoms with E-state index in [0.29, 0.717) is 11.3 Å². The smallest absolute Gasteiger partial charge is 0.337 e. The van der Waals surface area contributed by atoms with E-state index in [0.717, 1.165) is 23.1 Å². The Hall–Kier alpha value is -2.59. The van der Waals surface area contributed by atoms with E-state index in [1.807, 2.05) is 36.4 Å². The monoisotopic (exact) mass is 324 g/mol. The minimum absolute atomic E-state index is 0.365. The highest BCUT2D eigenvalue weighted by Gasteiger charge is 2.41. The number of hydrogen-bond donors (Lipinski definition) is 0. The van der Waals surface area contributed by atoms with Gasteiger partial charge < -0.3 is 14.2 Å². The summed E-state index contributed by atoms with van der Waals surface area (Å²) in [7, 11) is 3.02. The highest BCUT2D eigenvalue weighted by molar-refractivity contribution is 5.90. The molecule has 2 aromatic carbocycles.